The van der Waals surface area contributed by atoms with Crippen molar-refractivity contribution < 1.29 is 0 Å². The lowest BCUT2D eigenvalue weighted by Gasteiger charge is -2.44. The Morgan fingerprint density at radius 1 is 1.24 bits per heavy atom. The van der Waals surface area contributed by atoms with Gasteiger partial charge in [-0.15, -0.1) is 0 Å². The van der Waals surface area contributed by atoms with Crippen LogP contribution in [-0.2, 0) is 6.42 Å². The molecule has 1 aliphatic heterocycles. The van der Waals surface area contributed by atoms with Crippen LogP contribution in [0.15, 0.2) is 30.3 Å². The van der Waals surface area contributed by atoms with Crippen molar-refractivity contribution in [1.29, 1.82) is 0 Å². The van der Waals surface area contributed by atoms with Crippen LogP contribution in [0.1, 0.15) is 46.1 Å². The molecule has 0 saturated carbocycles. The zero-order valence-electron chi connectivity index (χ0n) is 14.2. The van der Waals surface area contributed by atoms with Crippen molar-refractivity contribution >= 4 is 0 Å². The molecule has 1 unspecified atom stereocenters. The number of benzene rings is 1. The smallest absolute Gasteiger partial charge is 0.0198 e. The van der Waals surface area contributed by atoms with Crippen molar-refractivity contribution in [1.82, 2.24) is 10.2 Å². The summed E-state index contributed by atoms with van der Waals surface area (Å²) in [5, 5.41) is 3.68. The molecule has 0 bridgehead atoms. The second-order valence-corrected chi connectivity index (χ2v) is 7.52. The lowest BCUT2D eigenvalue weighted by atomic mass is 9.91. The van der Waals surface area contributed by atoms with Crippen molar-refractivity contribution in [2.45, 2.75) is 58.5 Å². The molecule has 1 aromatic rings. The summed E-state index contributed by atoms with van der Waals surface area (Å²) in [5.74, 6) is 0.773. The standard InChI is InChI=1S/C19H32N2/c1-16(2)14-18-15-21(13-12-20-18)19(3,4)11-10-17-8-6-5-7-9-17/h5-9,16,18,20H,10-15H2,1-4H3. The van der Waals surface area contributed by atoms with Crippen LogP contribution in [0, 0.1) is 5.92 Å². The van der Waals surface area contributed by atoms with Crippen LogP contribution in [0.25, 0.3) is 0 Å². The van der Waals surface area contributed by atoms with E-state index in [0.717, 1.165) is 12.5 Å². The van der Waals surface area contributed by atoms with Gasteiger partial charge in [0.25, 0.3) is 0 Å². The summed E-state index contributed by atoms with van der Waals surface area (Å²) in [6, 6.07) is 11.5. The molecule has 21 heavy (non-hydrogen) atoms. The average Bonchev–Trinajstić information content (AvgIpc) is 2.46. The van der Waals surface area contributed by atoms with Crippen LogP contribution < -0.4 is 5.32 Å². The van der Waals surface area contributed by atoms with Gasteiger partial charge < -0.3 is 5.32 Å². The van der Waals surface area contributed by atoms with Gasteiger partial charge in [0.1, 0.15) is 0 Å². The lowest BCUT2D eigenvalue weighted by molar-refractivity contribution is 0.0711. The number of hydrogen-bond donors (Lipinski definition) is 1. The molecule has 0 aliphatic carbocycles. The normalized spacial score (nSPS) is 20.9. The number of nitrogens with one attached hydrogen (secondary N) is 1. The van der Waals surface area contributed by atoms with Gasteiger partial charge in [-0.1, -0.05) is 44.2 Å². The monoisotopic (exact) mass is 288 g/mol. The van der Waals surface area contributed by atoms with Crippen molar-refractivity contribution in [2.24, 2.45) is 5.92 Å². The fourth-order valence-electron chi connectivity index (χ4n) is 3.36. The Hall–Kier alpha value is -0.860. The first-order valence-corrected chi connectivity index (χ1v) is 8.50. The van der Waals surface area contributed by atoms with Crippen LogP contribution in [-0.4, -0.2) is 36.1 Å². The maximum Gasteiger partial charge on any atom is 0.0198 e. The third kappa shape index (κ3) is 5.12. The molecule has 0 aromatic heterocycles. The Morgan fingerprint density at radius 3 is 2.62 bits per heavy atom. The molecule has 0 spiro atoms. The van der Waals surface area contributed by atoms with E-state index in [1.165, 1.54) is 37.9 Å². The highest BCUT2D eigenvalue weighted by molar-refractivity contribution is 5.15. The van der Waals surface area contributed by atoms with E-state index in [1.807, 2.05) is 0 Å². The summed E-state index contributed by atoms with van der Waals surface area (Å²) in [4.78, 5) is 2.69. The molecule has 2 rings (SSSR count). The number of hydrogen-bond acceptors (Lipinski definition) is 2. The summed E-state index contributed by atoms with van der Waals surface area (Å²) in [6.45, 7) is 13.0. The Bertz CT molecular complexity index is 411. The van der Waals surface area contributed by atoms with E-state index in [-0.39, 0.29) is 5.54 Å². The van der Waals surface area contributed by atoms with E-state index in [9.17, 15) is 0 Å². The molecular weight excluding hydrogens is 256 g/mol. The van der Waals surface area contributed by atoms with Gasteiger partial charge in [0.2, 0.25) is 0 Å². The molecule has 1 aliphatic rings. The molecular formula is C19H32N2. The number of aryl methyl sites for hydroxylation is 1. The SMILES string of the molecule is CC(C)CC1CN(C(C)(C)CCc2ccccc2)CCN1. The average molecular weight is 288 g/mol. The third-order valence-electron chi connectivity index (χ3n) is 4.74. The first kappa shape index (κ1) is 16.5. The third-order valence-corrected chi connectivity index (χ3v) is 4.74. The van der Waals surface area contributed by atoms with E-state index in [4.69, 9.17) is 0 Å². The highest BCUT2D eigenvalue weighted by Crippen LogP contribution is 2.24. The Morgan fingerprint density at radius 2 is 1.95 bits per heavy atom. The Balaban J connectivity index is 1.88. The van der Waals surface area contributed by atoms with Gasteiger partial charge in [-0.25, -0.2) is 0 Å². The minimum atomic E-state index is 0.285. The molecule has 1 aromatic carbocycles. The predicted octanol–water partition coefficient (Wildman–Crippen LogP) is 3.72. The zero-order chi connectivity index (χ0) is 15.3. The van der Waals surface area contributed by atoms with E-state index in [2.05, 4.69) is 68.2 Å². The minimum absolute atomic E-state index is 0.285. The molecule has 1 atom stereocenters. The predicted molar refractivity (Wildman–Crippen MR) is 91.7 cm³/mol. The number of rotatable bonds is 6. The van der Waals surface area contributed by atoms with Crippen LogP contribution >= 0.6 is 0 Å². The second kappa shape index (κ2) is 7.42. The molecule has 1 fully saturated rings. The lowest BCUT2D eigenvalue weighted by Crippen LogP contribution is -2.58. The molecule has 1 heterocycles. The highest BCUT2D eigenvalue weighted by Gasteiger charge is 2.30. The summed E-state index contributed by atoms with van der Waals surface area (Å²) in [7, 11) is 0. The fourth-order valence-corrected chi connectivity index (χ4v) is 3.36. The van der Waals surface area contributed by atoms with Crippen molar-refractivity contribution in [3.05, 3.63) is 35.9 Å². The van der Waals surface area contributed by atoms with Crippen LogP contribution in [0.5, 0.6) is 0 Å². The van der Waals surface area contributed by atoms with E-state index in [0.29, 0.717) is 6.04 Å². The van der Waals surface area contributed by atoms with Gasteiger partial charge in [0.15, 0.2) is 0 Å². The fraction of sp³-hybridized carbons (Fsp3) is 0.684. The summed E-state index contributed by atoms with van der Waals surface area (Å²) in [5.41, 5.74) is 1.74. The van der Waals surface area contributed by atoms with E-state index >= 15 is 0 Å². The quantitative estimate of drug-likeness (QED) is 0.858. The highest BCUT2D eigenvalue weighted by atomic mass is 15.2. The molecule has 1 N–H and O–H groups in total. The van der Waals surface area contributed by atoms with Gasteiger partial charge in [-0.2, -0.15) is 0 Å². The molecule has 0 radical (unpaired) electrons. The summed E-state index contributed by atoms with van der Waals surface area (Å²) < 4.78 is 0. The molecule has 2 nitrogen and oxygen atoms in total. The molecule has 0 amide bonds. The maximum absolute atomic E-state index is 3.68. The van der Waals surface area contributed by atoms with Gasteiger partial charge in [0, 0.05) is 31.2 Å². The summed E-state index contributed by atoms with van der Waals surface area (Å²) >= 11 is 0. The van der Waals surface area contributed by atoms with Crippen molar-refractivity contribution in [3.8, 4) is 0 Å². The van der Waals surface area contributed by atoms with E-state index in [1.54, 1.807) is 0 Å². The zero-order valence-corrected chi connectivity index (χ0v) is 14.2. The first-order valence-electron chi connectivity index (χ1n) is 8.50. The summed E-state index contributed by atoms with van der Waals surface area (Å²) in [6.07, 6.45) is 3.68. The topological polar surface area (TPSA) is 15.3 Å². The van der Waals surface area contributed by atoms with Crippen molar-refractivity contribution in [2.75, 3.05) is 19.6 Å². The van der Waals surface area contributed by atoms with Crippen LogP contribution in [0.4, 0.5) is 0 Å². The molecule has 1 saturated heterocycles. The molecule has 118 valence electrons. The Kier molecular flexibility index (Phi) is 5.83. The van der Waals surface area contributed by atoms with Gasteiger partial charge in [-0.05, 0) is 44.6 Å². The molecule has 2 heteroatoms. The number of nitrogens with zero attached hydrogens (tertiary/aromatic N) is 1. The van der Waals surface area contributed by atoms with E-state index < -0.39 is 0 Å². The van der Waals surface area contributed by atoms with Gasteiger partial charge in [0.05, 0.1) is 0 Å². The first-order chi connectivity index (χ1) is 9.97. The van der Waals surface area contributed by atoms with Gasteiger partial charge in [-0.3, -0.25) is 4.90 Å². The minimum Gasteiger partial charge on any atom is -0.311 e. The maximum atomic E-state index is 3.68. The second-order valence-electron chi connectivity index (χ2n) is 7.52. The van der Waals surface area contributed by atoms with Gasteiger partial charge >= 0.3 is 0 Å². The number of piperazine rings is 1. The van der Waals surface area contributed by atoms with Crippen LogP contribution in [0.2, 0.25) is 0 Å². The van der Waals surface area contributed by atoms with Crippen molar-refractivity contribution in [3.63, 3.8) is 0 Å². The largest absolute Gasteiger partial charge is 0.311 e. The Labute approximate surface area is 130 Å². The van der Waals surface area contributed by atoms with Crippen LogP contribution in [0.3, 0.4) is 0 Å².